The zero-order valence-electron chi connectivity index (χ0n) is 19.9. The fourth-order valence-electron chi connectivity index (χ4n) is 3.45. The lowest BCUT2D eigenvalue weighted by atomic mass is 10.1. The standard InChI is InChI=1S/C28H25ClN2O5S/c1-20(21-8-4-2-5-9-21)31-37(33,34)25-16-17-27(26(29)18-25)35-19-28(32)30-22-12-14-24(15-13-22)36-23-10-6-3-7-11-23/h2-18,20,31H,19H2,1H3,(H,30,32)/t20-/m0/s1. The minimum Gasteiger partial charge on any atom is -0.482 e. The van der Waals surface area contributed by atoms with Crippen LogP contribution in [0.5, 0.6) is 17.2 Å². The Morgan fingerprint density at radius 2 is 1.49 bits per heavy atom. The van der Waals surface area contributed by atoms with Crippen LogP contribution in [0.25, 0.3) is 0 Å². The number of para-hydroxylation sites is 1. The summed E-state index contributed by atoms with van der Waals surface area (Å²) < 4.78 is 39.5. The van der Waals surface area contributed by atoms with E-state index in [1.165, 1.54) is 18.2 Å². The van der Waals surface area contributed by atoms with Gasteiger partial charge in [-0.3, -0.25) is 4.79 Å². The van der Waals surface area contributed by atoms with Crippen molar-refractivity contribution < 1.29 is 22.7 Å². The van der Waals surface area contributed by atoms with Crippen LogP contribution in [0, 0.1) is 0 Å². The first kappa shape index (κ1) is 26.2. The average Bonchev–Trinajstić information content (AvgIpc) is 2.90. The average molecular weight is 537 g/mol. The number of hydrogen-bond acceptors (Lipinski definition) is 5. The smallest absolute Gasteiger partial charge is 0.262 e. The van der Waals surface area contributed by atoms with Crippen LogP contribution < -0.4 is 19.5 Å². The normalized spacial score (nSPS) is 11.9. The van der Waals surface area contributed by atoms with Gasteiger partial charge in [-0.1, -0.05) is 60.1 Å². The van der Waals surface area contributed by atoms with Gasteiger partial charge in [0.1, 0.15) is 17.2 Å². The van der Waals surface area contributed by atoms with Gasteiger partial charge in [-0.15, -0.1) is 0 Å². The number of sulfonamides is 1. The molecule has 0 unspecified atom stereocenters. The molecule has 190 valence electrons. The van der Waals surface area contributed by atoms with E-state index in [0.29, 0.717) is 17.2 Å². The molecule has 4 aromatic rings. The van der Waals surface area contributed by atoms with Crippen LogP contribution in [0.4, 0.5) is 5.69 Å². The third-order valence-corrected chi connectivity index (χ3v) is 7.15. The highest BCUT2D eigenvalue weighted by Crippen LogP contribution is 2.28. The molecule has 1 atom stereocenters. The van der Waals surface area contributed by atoms with Crippen molar-refractivity contribution in [2.75, 3.05) is 11.9 Å². The Bertz CT molecular complexity index is 1450. The van der Waals surface area contributed by atoms with Crippen molar-refractivity contribution in [2.45, 2.75) is 17.9 Å². The molecule has 7 nitrogen and oxygen atoms in total. The summed E-state index contributed by atoms with van der Waals surface area (Å²) in [7, 11) is -3.82. The first-order valence-corrected chi connectivity index (χ1v) is 13.3. The van der Waals surface area contributed by atoms with E-state index in [9.17, 15) is 13.2 Å². The lowest BCUT2D eigenvalue weighted by Gasteiger charge is -2.15. The number of anilines is 1. The maximum absolute atomic E-state index is 12.8. The van der Waals surface area contributed by atoms with E-state index >= 15 is 0 Å². The van der Waals surface area contributed by atoms with Crippen LogP contribution in [0.3, 0.4) is 0 Å². The Kier molecular flexibility index (Phi) is 8.45. The molecule has 1 amide bonds. The van der Waals surface area contributed by atoms with Gasteiger partial charge in [0.2, 0.25) is 10.0 Å². The largest absolute Gasteiger partial charge is 0.482 e. The monoisotopic (exact) mass is 536 g/mol. The van der Waals surface area contributed by atoms with E-state index in [1.54, 1.807) is 31.2 Å². The first-order chi connectivity index (χ1) is 17.8. The molecular formula is C28H25ClN2O5S. The second-order valence-corrected chi connectivity index (χ2v) is 10.2. The third kappa shape index (κ3) is 7.33. The molecule has 2 N–H and O–H groups in total. The highest BCUT2D eigenvalue weighted by molar-refractivity contribution is 7.89. The van der Waals surface area contributed by atoms with E-state index in [1.807, 2.05) is 60.7 Å². The maximum Gasteiger partial charge on any atom is 0.262 e. The predicted octanol–water partition coefficient (Wildman–Crippen LogP) is 6.19. The molecule has 9 heteroatoms. The van der Waals surface area contributed by atoms with E-state index in [4.69, 9.17) is 21.1 Å². The SMILES string of the molecule is C[C@H](NS(=O)(=O)c1ccc(OCC(=O)Nc2ccc(Oc3ccccc3)cc2)c(Cl)c1)c1ccccc1. The molecule has 0 heterocycles. The Hall–Kier alpha value is -3.85. The van der Waals surface area contributed by atoms with Gasteiger partial charge in [0, 0.05) is 11.7 Å². The highest BCUT2D eigenvalue weighted by Gasteiger charge is 2.20. The number of carbonyl (C=O) groups is 1. The van der Waals surface area contributed by atoms with Crippen molar-refractivity contribution in [1.29, 1.82) is 0 Å². The molecule has 0 radical (unpaired) electrons. The summed E-state index contributed by atoms with van der Waals surface area (Å²) in [6.07, 6.45) is 0. The van der Waals surface area contributed by atoms with Gasteiger partial charge in [0.25, 0.3) is 5.91 Å². The second-order valence-electron chi connectivity index (χ2n) is 8.12. The number of benzene rings is 4. The van der Waals surface area contributed by atoms with E-state index in [0.717, 1.165) is 5.56 Å². The summed E-state index contributed by atoms with van der Waals surface area (Å²) in [5, 5.41) is 2.80. The van der Waals surface area contributed by atoms with Crippen molar-refractivity contribution in [3.63, 3.8) is 0 Å². The van der Waals surface area contributed by atoms with Crippen LogP contribution in [-0.4, -0.2) is 20.9 Å². The molecule has 4 rings (SSSR count). The zero-order valence-corrected chi connectivity index (χ0v) is 21.5. The van der Waals surface area contributed by atoms with Gasteiger partial charge in [0.05, 0.1) is 9.92 Å². The molecule has 0 saturated heterocycles. The number of halogens is 1. The lowest BCUT2D eigenvalue weighted by Crippen LogP contribution is -2.27. The summed E-state index contributed by atoms with van der Waals surface area (Å²) in [5.41, 5.74) is 1.40. The molecule has 0 aliphatic rings. The first-order valence-electron chi connectivity index (χ1n) is 11.4. The fourth-order valence-corrected chi connectivity index (χ4v) is 5.01. The number of hydrogen-bond donors (Lipinski definition) is 2. The molecule has 0 aromatic heterocycles. The summed E-state index contributed by atoms with van der Waals surface area (Å²) in [4.78, 5) is 12.3. The Morgan fingerprint density at radius 3 is 2.14 bits per heavy atom. The third-order valence-electron chi connectivity index (χ3n) is 5.32. The van der Waals surface area contributed by atoms with Crippen LogP contribution in [-0.2, 0) is 14.8 Å². The number of nitrogens with one attached hydrogen (secondary N) is 2. The van der Waals surface area contributed by atoms with Crippen LogP contribution >= 0.6 is 11.6 Å². The highest BCUT2D eigenvalue weighted by atomic mass is 35.5. The number of carbonyl (C=O) groups excluding carboxylic acids is 1. The topological polar surface area (TPSA) is 93.7 Å². The predicted molar refractivity (Wildman–Crippen MR) is 144 cm³/mol. The Balaban J connectivity index is 1.31. The number of ether oxygens (including phenoxy) is 2. The quantitative estimate of drug-likeness (QED) is 0.252. The molecular weight excluding hydrogens is 512 g/mol. The van der Waals surface area contributed by atoms with Crippen LogP contribution in [0.1, 0.15) is 18.5 Å². The molecule has 0 aliphatic heterocycles. The summed E-state index contributed by atoms with van der Waals surface area (Å²) in [6, 6.07) is 29.2. The van der Waals surface area contributed by atoms with E-state index in [-0.39, 0.29) is 22.3 Å². The molecule has 0 spiro atoms. The molecule has 0 fully saturated rings. The summed E-state index contributed by atoms with van der Waals surface area (Å²) in [5.74, 6) is 1.14. The van der Waals surface area contributed by atoms with E-state index in [2.05, 4.69) is 10.0 Å². The molecule has 0 saturated carbocycles. The van der Waals surface area contributed by atoms with Gasteiger partial charge in [-0.25, -0.2) is 13.1 Å². The van der Waals surface area contributed by atoms with Crippen LogP contribution in [0.2, 0.25) is 5.02 Å². The zero-order chi connectivity index (χ0) is 26.3. The number of amides is 1. The van der Waals surface area contributed by atoms with Crippen molar-refractivity contribution in [2.24, 2.45) is 0 Å². The Morgan fingerprint density at radius 1 is 0.865 bits per heavy atom. The van der Waals surface area contributed by atoms with Crippen molar-refractivity contribution >= 4 is 33.2 Å². The van der Waals surface area contributed by atoms with Gasteiger partial charge in [0.15, 0.2) is 6.61 Å². The lowest BCUT2D eigenvalue weighted by molar-refractivity contribution is -0.118. The molecule has 37 heavy (non-hydrogen) atoms. The number of rotatable bonds is 10. The summed E-state index contributed by atoms with van der Waals surface area (Å²) in [6.45, 7) is 1.45. The fraction of sp³-hybridized carbons (Fsp3) is 0.107. The van der Waals surface area contributed by atoms with Gasteiger partial charge in [-0.05, 0) is 67.1 Å². The molecule has 0 bridgehead atoms. The van der Waals surface area contributed by atoms with Crippen molar-refractivity contribution in [3.8, 4) is 17.2 Å². The minimum atomic E-state index is -3.82. The Labute approximate surface area is 221 Å². The van der Waals surface area contributed by atoms with Crippen molar-refractivity contribution in [3.05, 3.63) is 114 Å². The van der Waals surface area contributed by atoms with Crippen molar-refractivity contribution in [1.82, 2.24) is 4.72 Å². The van der Waals surface area contributed by atoms with Crippen LogP contribution in [0.15, 0.2) is 108 Å². The second kappa shape index (κ2) is 11.9. The summed E-state index contributed by atoms with van der Waals surface area (Å²) >= 11 is 6.25. The van der Waals surface area contributed by atoms with E-state index < -0.39 is 22.0 Å². The molecule has 4 aromatic carbocycles. The molecule has 0 aliphatic carbocycles. The minimum absolute atomic E-state index is 0.00473. The maximum atomic E-state index is 12.8. The van der Waals surface area contributed by atoms with Gasteiger partial charge < -0.3 is 14.8 Å². The van der Waals surface area contributed by atoms with Gasteiger partial charge >= 0.3 is 0 Å². The van der Waals surface area contributed by atoms with Gasteiger partial charge in [-0.2, -0.15) is 0 Å².